The van der Waals surface area contributed by atoms with Crippen LogP contribution in [-0.4, -0.2) is 16.8 Å². The Morgan fingerprint density at radius 3 is 2.37 bits per heavy atom. The number of aryl methyl sites for hydroxylation is 3. The minimum Gasteiger partial charge on any atom is -0.369 e. The first-order valence-electron chi connectivity index (χ1n) is 6.51. The molecule has 2 rings (SSSR count). The van der Waals surface area contributed by atoms with Gasteiger partial charge in [0.15, 0.2) is 0 Å². The number of hydrogen-bond donors (Lipinski definition) is 0. The average molecular weight is 322 g/mol. The second-order valence-corrected chi connectivity index (χ2v) is 5.64. The van der Waals surface area contributed by atoms with E-state index in [1.54, 1.807) is 0 Å². The third kappa shape index (κ3) is 3.00. The molecule has 0 N–H and O–H groups in total. The second-order valence-electron chi connectivity index (χ2n) is 4.85. The summed E-state index contributed by atoms with van der Waals surface area (Å²) in [5, 5.41) is 4.43. The Labute approximate surface area is 123 Å². The molecular weight excluding hydrogens is 302 g/mol. The molecule has 0 fully saturated rings. The van der Waals surface area contributed by atoms with Gasteiger partial charge < -0.3 is 4.90 Å². The zero-order chi connectivity index (χ0) is 14.0. The molecule has 1 heterocycles. The van der Waals surface area contributed by atoms with Crippen LogP contribution in [0.5, 0.6) is 0 Å². The molecule has 0 spiro atoms. The van der Waals surface area contributed by atoms with Crippen molar-refractivity contribution in [3.8, 4) is 0 Å². The van der Waals surface area contributed by atoms with Crippen LogP contribution in [0.3, 0.4) is 0 Å². The van der Waals surface area contributed by atoms with E-state index in [1.165, 1.54) is 16.9 Å². The van der Waals surface area contributed by atoms with Gasteiger partial charge >= 0.3 is 0 Å². The van der Waals surface area contributed by atoms with E-state index in [1.807, 2.05) is 18.7 Å². The Kier molecular flexibility index (Phi) is 4.30. The topological polar surface area (TPSA) is 21.1 Å². The SMILES string of the molecule is CCc1ccc(N(C)Cc2c(Br)c(C)nn2C)cc1. The van der Waals surface area contributed by atoms with Gasteiger partial charge in [0.05, 0.1) is 22.4 Å². The molecule has 1 aromatic heterocycles. The second kappa shape index (κ2) is 5.78. The standard InChI is InChI=1S/C15H20BrN3/c1-5-12-6-8-13(9-7-12)18(3)10-14-15(16)11(2)17-19(14)4/h6-9H,5,10H2,1-4H3. The van der Waals surface area contributed by atoms with Crippen LogP contribution in [0.4, 0.5) is 5.69 Å². The summed E-state index contributed by atoms with van der Waals surface area (Å²) in [4.78, 5) is 2.24. The van der Waals surface area contributed by atoms with Crippen molar-refractivity contribution in [1.82, 2.24) is 9.78 Å². The molecular formula is C15H20BrN3. The maximum Gasteiger partial charge on any atom is 0.0739 e. The van der Waals surface area contributed by atoms with Gasteiger partial charge in [-0.1, -0.05) is 19.1 Å². The summed E-state index contributed by atoms with van der Waals surface area (Å²) in [5.41, 5.74) is 4.82. The van der Waals surface area contributed by atoms with Crippen LogP contribution in [0, 0.1) is 6.92 Å². The van der Waals surface area contributed by atoms with Gasteiger partial charge in [-0.25, -0.2) is 0 Å². The van der Waals surface area contributed by atoms with Gasteiger partial charge in [-0.05, 0) is 47.0 Å². The number of rotatable bonds is 4. The van der Waals surface area contributed by atoms with E-state index in [-0.39, 0.29) is 0 Å². The number of benzene rings is 1. The lowest BCUT2D eigenvalue weighted by atomic mass is 10.1. The molecule has 1 aromatic carbocycles. The van der Waals surface area contributed by atoms with E-state index in [0.717, 1.165) is 23.1 Å². The Balaban J connectivity index is 2.17. The van der Waals surface area contributed by atoms with Crippen molar-refractivity contribution < 1.29 is 0 Å². The van der Waals surface area contributed by atoms with Gasteiger partial charge in [-0.2, -0.15) is 5.10 Å². The predicted octanol–water partition coefficient (Wildman–Crippen LogP) is 3.69. The maximum atomic E-state index is 4.43. The summed E-state index contributed by atoms with van der Waals surface area (Å²) in [5.74, 6) is 0. The zero-order valence-corrected chi connectivity index (χ0v) is 13.5. The van der Waals surface area contributed by atoms with Crippen LogP contribution in [0.15, 0.2) is 28.7 Å². The third-order valence-electron chi connectivity index (χ3n) is 3.43. The van der Waals surface area contributed by atoms with Crippen molar-refractivity contribution in [2.45, 2.75) is 26.8 Å². The molecule has 19 heavy (non-hydrogen) atoms. The molecule has 102 valence electrons. The highest BCUT2D eigenvalue weighted by Gasteiger charge is 2.12. The fourth-order valence-corrected chi connectivity index (χ4v) is 2.62. The van der Waals surface area contributed by atoms with Crippen LogP contribution in [0.25, 0.3) is 0 Å². The molecule has 0 amide bonds. The third-order valence-corrected chi connectivity index (χ3v) is 4.47. The number of aromatic nitrogens is 2. The summed E-state index contributed by atoms with van der Waals surface area (Å²) in [6.45, 7) is 5.03. The lowest BCUT2D eigenvalue weighted by Gasteiger charge is -2.20. The minimum atomic E-state index is 0.837. The first-order valence-corrected chi connectivity index (χ1v) is 7.30. The number of halogens is 1. The summed E-state index contributed by atoms with van der Waals surface area (Å²) < 4.78 is 3.04. The van der Waals surface area contributed by atoms with Crippen molar-refractivity contribution in [3.05, 3.63) is 45.7 Å². The molecule has 0 bridgehead atoms. The highest BCUT2D eigenvalue weighted by atomic mass is 79.9. The number of nitrogens with zero attached hydrogens (tertiary/aromatic N) is 3. The van der Waals surface area contributed by atoms with Gasteiger partial charge in [0.2, 0.25) is 0 Å². The fourth-order valence-electron chi connectivity index (χ4n) is 2.15. The maximum absolute atomic E-state index is 4.43. The Hall–Kier alpha value is -1.29. The summed E-state index contributed by atoms with van der Waals surface area (Å²) in [6.07, 6.45) is 1.08. The molecule has 0 unspecified atom stereocenters. The highest BCUT2D eigenvalue weighted by molar-refractivity contribution is 9.10. The summed E-state index contributed by atoms with van der Waals surface area (Å²) in [7, 11) is 4.09. The van der Waals surface area contributed by atoms with Gasteiger partial charge in [-0.3, -0.25) is 4.68 Å². The Morgan fingerprint density at radius 2 is 1.89 bits per heavy atom. The molecule has 0 radical (unpaired) electrons. The smallest absolute Gasteiger partial charge is 0.0739 e. The van der Waals surface area contributed by atoms with Crippen LogP contribution in [0.1, 0.15) is 23.9 Å². The first-order chi connectivity index (χ1) is 9.02. The lowest BCUT2D eigenvalue weighted by Crippen LogP contribution is -2.18. The Morgan fingerprint density at radius 1 is 1.26 bits per heavy atom. The van der Waals surface area contributed by atoms with Gasteiger partial charge in [0, 0.05) is 19.8 Å². The minimum absolute atomic E-state index is 0.837. The molecule has 4 heteroatoms. The highest BCUT2D eigenvalue weighted by Crippen LogP contribution is 2.23. The number of anilines is 1. The van der Waals surface area contributed by atoms with E-state index in [4.69, 9.17) is 0 Å². The van der Waals surface area contributed by atoms with E-state index in [2.05, 4.69) is 64.2 Å². The van der Waals surface area contributed by atoms with Gasteiger partial charge in [-0.15, -0.1) is 0 Å². The fraction of sp³-hybridized carbons (Fsp3) is 0.400. The molecule has 0 saturated carbocycles. The average Bonchev–Trinajstić information content (AvgIpc) is 2.65. The largest absolute Gasteiger partial charge is 0.369 e. The quantitative estimate of drug-likeness (QED) is 0.856. The van der Waals surface area contributed by atoms with Gasteiger partial charge in [0.25, 0.3) is 0 Å². The molecule has 3 nitrogen and oxygen atoms in total. The monoisotopic (exact) mass is 321 g/mol. The van der Waals surface area contributed by atoms with Gasteiger partial charge in [0.1, 0.15) is 0 Å². The van der Waals surface area contributed by atoms with E-state index in [9.17, 15) is 0 Å². The van der Waals surface area contributed by atoms with Crippen molar-refractivity contribution in [3.63, 3.8) is 0 Å². The van der Waals surface area contributed by atoms with Crippen LogP contribution in [0.2, 0.25) is 0 Å². The summed E-state index contributed by atoms with van der Waals surface area (Å²) in [6, 6.07) is 8.73. The van der Waals surface area contributed by atoms with Crippen molar-refractivity contribution >= 4 is 21.6 Å². The molecule has 0 aliphatic rings. The van der Waals surface area contributed by atoms with Crippen LogP contribution < -0.4 is 4.90 Å². The van der Waals surface area contributed by atoms with Crippen molar-refractivity contribution in [2.75, 3.05) is 11.9 Å². The van der Waals surface area contributed by atoms with E-state index < -0.39 is 0 Å². The van der Waals surface area contributed by atoms with Crippen molar-refractivity contribution in [2.24, 2.45) is 7.05 Å². The van der Waals surface area contributed by atoms with Crippen molar-refractivity contribution in [1.29, 1.82) is 0 Å². The van der Waals surface area contributed by atoms with Crippen LogP contribution >= 0.6 is 15.9 Å². The lowest BCUT2D eigenvalue weighted by molar-refractivity contribution is 0.693. The molecule has 0 saturated heterocycles. The molecule has 0 aliphatic carbocycles. The molecule has 0 atom stereocenters. The number of hydrogen-bond acceptors (Lipinski definition) is 2. The zero-order valence-electron chi connectivity index (χ0n) is 11.9. The van der Waals surface area contributed by atoms with E-state index >= 15 is 0 Å². The molecule has 2 aromatic rings. The van der Waals surface area contributed by atoms with E-state index in [0.29, 0.717) is 0 Å². The normalized spacial score (nSPS) is 10.8. The Bertz CT molecular complexity index is 558. The first kappa shape index (κ1) is 14.1. The summed E-state index contributed by atoms with van der Waals surface area (Å²) >= 11 is 3.61. The predicted molar refractivity (Wildman–Crippen MR) is 83.6 cm³/mol. The molecule has 0 aliphatic heterocycles. The van der Waals surface area contributed by atoms with Crippen LogP contribution in [-0.2, 0) is 20.0 Å².